The Kier molecular flexibility index (Phi) is 5.01. The molecule has 19 heavy (non-hydrogen) atoms. The van der Waals surface area contributed by atoms with Gasteiger partial charge in [-0.3, -0.25) is 4.79 Å². The number of terminal acetylenes is 1. The van der Waals surface area contributed by atoms with Crippen LogP contribution in [0.15, 0.2) is 18.2 Å². The second-order valence-electron chi connectivity index (χ2n) is 3.82. The zero-order chi connectivity index (χ0) is 14.4. The van der Waals surface area contributed by atoms with Crippen LogP contribution in [0.3, 0.4) is 0 Å². The fraction of sp³-hybridized carbons (Fsp3) is 0.231. The Morgan fingerprint density at radius 2 is 1.89 bits per heavy atom. The molecule has 0 bridgehead atoms. The summed E-state index contributed by atoms with van der Waals surface area (Å²) in [5.41, 5.74) is 0.111. The number of benzene rings is 1. The summed E-state index contributed by atoms with van der Waals surface area (Å²) in [6.45, 7) is 0. The average Bonchev–Trinajstić information content (AvgIpc) is 2.26. The lowest BCUT2D eigenvalue weighted by Crippen LogP contribution is -2.41. The summed E-state index contributed by atoms with van der Waals surface area (Å²) >= 11 is 0. The molecule has 100 valence electrons. The quantitative estimate of drug-likeness (QED) is 0.785. The number of hydrogen-bond acceptors (Lipinski definition) is 2. The first-order chi connectivity index (χ1) is 8.92. The van der Waals surface area contributed by atoms with E-state index < -0.39 is 29.6 Å². The van der Waals surface area contributed by atoms with Crippen molar-refractivity contribution in [3.05, 3.63) is 35.4 Å². The first-order valence-corrected chi connectivity index (χ1v) is 5.33. The molecule has 0 radical (unpaired) electrons. The molecule has 1 amide bonds. The van der Waals surface area contributed by atoms with Crippen molar-refractivity contribution in [3.63, 3.8) is 0 Å². The van der Waals surface area contributed by atoms with E-state index in [-0.39, 0.29) is 18.4 Å². The molecule has 1 rings (SSSR count). The molecule has 0 spiro atoms. The highest BCUT2D eigenvalue weighted by Crippen LogP contribution is 2.08. The molecular weight excluding hydrogens is 256 g/mol. The number of halogens is 2. The molecule has 6 heteroatoms. The van der Waals surface area contributed by atoms with Crippen LogP contribution in [0.2, 0.25) is 0 Å². The molecule has 1 atom stereocenters. The largest absolute Gasteiger partial charge is 0.480 e. The third-order valence-electron chi connectivity index (χ3n) is 2.24. The number of amides is 1. The van der Waals surface area contributed by atoms with Crippen LogP contribution in [0.5, 0.6) is 0 Å². The smallest absolute Gasteiger partial charge is 0.327 e. The maximum absolute atomic E-state index is 12.9. The van der Waals surface area contributed by atoms with Crippen LogP contribution < -0.4 is 5.32 Å². The predicted molar refractivity (Wildman–Crippen MR) is 63.1 cm³/mol. The van der Waals surface area contributed by atoms with Crippen molar-refractivity contribution in [3.8, 4) is 12.3 Å². The standard InChI is InChI=1S/C13H11F2NO3/c1-2-3-11(13(18)19)16-12(17)6-8-4-9(14)7-10(15)5-8/h1,4-5,7,11H,3,6H2,(H,16,17)(H,18,19)/t11-/m1/s1. The van der Waals surface area contributed by atoms with E-state index in [1.807, 2.05) is 0 Å². The number of carboxylic acid groups (broad SMARTS) is 1. The van der Waals surface area contributed by atoms with Gasteiger partial charge in [0.25, 0.3) is 0 Å². The number of hydrogen-bond donors (Lipinski definition) is 2. The maximum atomic E-state index is 12.9. The Morgan fingerprint density at radius 1 is 1.32 bits per heavy atom. The van der Waals surface area contributed by atoms with Crippen LogP contribution >= 0.6 is 0 Å². The lowest BCUT2D eigenvalue weighted by atomic mass is 10.1. The van der Waals surface area contributed by atoms with Crippen LogP contribution in [0, 0.1) is 24.0 Å². The molecule has 1 aromatic rings. The van der Waals surface area contributed by atoms with Gasteiger partial charge in [0.15, 0.2) is 0 Å². The number of carbonyl (C=O) groups is 2. The molecule has 2 N–H and O–H groups in total. The summed E-state index contributed by atoms with van der Waals surface area (Å²) < 4.78 is 25.8. The number of aliphatic carboxylic acids is 1. The number of carboxylic acids is 1. The van der Waals surface area contributed by atoms with Gasteiger partial charge in [0.2, 0.25) is 5.91 Å². The Labute approximate surface area is 108 Å². The normalized spacial score (nSPS) is 11.4. The second-order valence-corrected chi connectivity index (χ2v) is 3.82. The lowest BCUT2D eigenvalue weighted by Gasteiger charge is -2.11. The minimum Gasteiger partial charge on any atom is -0.480 e. The maximum Gasteiger partial charge on any atom is 0.327 e. The van der Waals surface area contributed by atoms with Gasteiger partial charge >= 0.3 is 5.97 Å². The molecule has 0 saturated carbocycles. The average molecular weight is 267 g/mol. The van der Waals surface area contributed by atoms with Gasteiger partial charge in [-0.1, -0.05) is 0 Å². The van der Waals surface area contributed by atoms with Gasteiger partial charge in [0, 0.05) is 12.5 Å². The van der Waals surface area contributed by atoms with Gasteiger partial charge in [-0.15, -0.1) is 12.3 Å². The van der Waals surface area contributed by atoms with Crippen LogP contribution in [-0.4, -0.2) is 23.0 Å². The number of carbonyl (C=O) groups excluding carboxylic acids is 1. The van der Waals surface area contributed by atoms with Gasteiger partial charge in [0.05, 0.1) is 6.42 Å². The first kappa shape index (κ1) is 14.6. The highest BCUT2D eigenvalue weighted by Gasteiger charge is 2.18. The minimum absolute atomic E-state index is 0.111. The van der Waals surface area contributed by atoms with Crippen LogP contribution in [0.25, 0.3) is 0 Å². The second kappa shape index (κ2) is 6.50. The summed E-state index contributed by atoms with van der Waals surface area (Å²) in [4.78, 5) is 22.3. The molecule has 0 unspecified atom stereocenters. The summed E-state index contributed by atoms with van der Waals surface area (Å²) in [5, 5.41) is 11.0. The summed E-state index contributed by atoms with van der Waals surface area (Å²) in [6, 6.07) is 1.47. The Hall–Kier alpha value is -2.42. The molecule has 0 fully saturated rings. The van der Waals surface area contributed by atoms with Gasteiger partial charge in [-0.25, -0.2) is 13.6 Å². The highest BCUT2D eigenvalue weighted by atomic mass is 19.1. The fourth-order valence-corrected chi connectivity index (χ4v) is 1.46. The van der Waals surface area contributed by atoms with Gasteiger partial charge < -0.3 is 10.4 Å². The SMILES string of the molecule is C#CC[C@@H](NC(=O)Cc1cc(F)cc(F)c1)C(=O)O. The van der Waals surface area contributed by atoms with E-state index >= 15 is 0 Å². The molecule has 0 aromatic heterocycles. The van der Waals surface area contributed by atoms with Crippen molar-refractivity contribution in [1.29, 1.82) is 0 Å². The van der Waals surface area contributed by atoms with Crippen molar-refractivity contribution in [2.24, 2.45) is 0 Å². The fourth-order valence-electron chi connectivity index (χ4n) is 1.46. The molecule has 4 nitrogen and oxygen atoms in total. The van der Waals surface area contributed by atoms with Crippen LogP contribution in [0.4, 0.5) is 8.78 Å². The number of rotatable bonds is 5. The van der Waals surface area contributed by atoms with E-state index in [9.17, 15) is 18.4 Å². The van der Waals surface area contributed by atoms with Crippen molar-refractivity contribution in [2.45, 2.75) is 18.9 Å². The molecule has 0 aliphatic rings. The van der Waals surface area contributed by atoms with Crippen molar-refractivity contribution in [1.82, 2.24) is 5.32 Å². The minimum atomic E-state index is -1.27. The van der Waals surface area contributed by atoms with Crippen LogP contribution in [0.1, 0.15) is 12.0 Å². The molecule has 0 aliphatic carbocycles. The third kappa shape index (κ3) is 4.76. The summed E-state index contributed by atoms with van der Waals surface area (Å²) in [6.07, 6.45) is 4.47. The molecule has 1 aromatic carbocycles. The van der Waals surface area contributed by atoms with Crippen LogP contribution in [-0.2, 0) is 16.0 Å². The van der Waals surface area contributed by atoms with Gasteiger partial charge in [-0.2, -0.15) is 0 Å². The predicted octanol–water partition coefficient (Wildman–Crippen LogP) is 1.10. The van der Waals surface area contributed by atoms with Crippen molar-refractivity contribution < 1.29 is 23.5 Å². The summed E-state index contributed by atoms with van der Waals surface area (Å²) in [5.74, 6) is -1.43. The molecule has 0 saturated heterocycles. The van der Waals surface area contributed by atoms with Crippen molar-refractivity contribution >= 4 is 11.9 Å². The Bertz CT molecular complexity index is 517. The van der Waals surface area contributed by atoms with E-state index in [0.717, 1.165) is 12.1 Å². The zero-order valence-electron chi connectivity index (χ0n) is 9.82. The molecular formula is C13H11F2NO3. The number of nitrogens with one attached hydrogen (secondary N) is 1. The van der Waals surface area contributed by atoms with E-state index in [0.29, 0.717) is 6.07 Å². The molecule has 0 aliphatic heterocycles. The Morgan fingerprint density at radius 3 is 2.37 bits per heavy atom. The third-order valence-corrected chi connectivity index (χ3v) is 2.24. The first-order valence-electron chi connectivity index (χ1n) is 5.33. The van der Waals surface area contributed by atoms with E-state index in [1.165, 1.54) is 0 Å². The monoisotopic (exact) mass is 267 g/mol. The van der Waals surface area contributed by atoms with Crippen molar-refractivity contribution in [2.75, 3.05) is 0 Å². The van der Waals surface area contributed by atoms with E-state index in [1.54, 1.807) is 0 Å². The van der Waals surface area contributed by atoms with Gasteiger partial charge in [-0.05, 0) is 17.7 Å². The highest BCUT2D eigenvalue weighted by molar-refractivity contribution is 5.85. The lowest BCUT2D eigenvalue weighted by molar-refractivity contribution is -0.141. The topological polar surface area (TPSA) is 66.4 Å². The Balaban J connectivity index is 2.69. The van der Waals surface area contributed by atoms with E-state index in [4.69, 9.17) is 11.5 Å². The van der Waals surface area contributed by atoms with Gasteiger partial charge in [0.1, 0.15) is 17.7 Å². The summed E-state index contributed by atoms with van der Waals surface area (Å²) in [7, 11) is 0. The van der Waals surface area contributed by atoms with E-state index in [2.05, 4.69) is 11.2 Å². The molecule has 0 heterocycles. The zero-order valence-corrected chi connectivity index (χ0v) is 9.82.